The molecule has 0 aromatic heterocycles. The Labute approximate surface area is 75.5 Å². The zero-order valence-electron chi connectivity index (χ0n) is 8.29. The molecule has 0 spiro atoms. The van der Waals surface area contributed by atoms with Gasteiger partial charge < -0.3 is 10.6 Å². The van der Waals surface area contributed by atoms with Crippen LogP contribution in [-0.4, -0.2) is 49.2 Å². The first kappa shape index (κ1) is 9.96. The molecule has 3 heteroatoms. The maximum absolute atomic E-state index is 6.01. The lowest BCUT2D eigenvalue weighted by molar-refractivity contribution is 0.109. The highest BCUT2D eigenvalue weighted by atomic mass is 15.3. The highest BCUT2D eigenvalue weighted by molar-refractivity contribution is 4.73. The standard InChI is InChI=1S/C9H21N3/c1-3-4-9(10)12-7-5-11(2)6-8-12/h9H,3-8,10H2,1-2H3. The number of hydrogen-bond acceptors (Lipinski definition) is 3. The van der Waals surface area contributed by atoms with E-state index in [9.17, 15) is 0 Å². The lowest BCUT2D eigenvalue weighted by Gasteiger charge is -2.36. The Bertz CT molecular complexity index is 119. The van der Waals surface area contributed by atoms with Gasteiger partial charge in [0, 0.05) is 26.2 Å². The van der Waals surface area contributed by atoms with Crippen molar-refractivity contribution in [3.05, 3.63) is 0 Å². The molecule has 1 atom stereocenters. The van der Waals surface area contributed by atoms with E-state index in [0.717, 1.165) is 32.6 Å². The van der Waals surface area contributed by atoms with Gasteiger partial charge in [0.15, 0.2) is 0 Å². The summed E-state index contributed by atoms with van der Waals surface area (Å²) in [5.74, 6) is 0. The summed E-state index contributed by atoms with van der Waals surface area (Å²) in [5.41, 5.74) is 6.01. The monoisotopic (exact) mass is 171 g/mol. The summed E-state index contributed by atoms with van der Waals surface area (Å²) in [6.07, 6.45) is 2.61. The highest BCUT2D eigenvalue weighted by Crippen LogP contribution is 2.05. The SMILES string of the molecule is CCCC(N)N1CCN(C)CC1. The third kappa shape index (κ3) is 2.73. The molecule has 1 aliphatic heterocycles. The molecule has 0 bridgehead atoms. The smallest absolute Gasteiger partial charge is 0.0572 e. The number of rotatable bonds is 3. The third-order valence-corrected chi connectivity index (χ3v) is 2.59. The van der Waals surface area contributed by atoms with Gasteiger partial charge in [-0.1, -0.05) is 13.3 Å². The van der Waals surface area contributed by atoms with Crippen molar-refractivity contribution in [2.45, 2.75) is 25.9 Å². The van der Waals surface area contributed by atoms with E-state index < -0.39 is 0 Å². The van der Waals surface area contributed by atoms with Crippen molar-refractivity contribution in [2.24, 2.45) is 5.73 Å². The number of hydrogen-bond donors (Lipinski definition) is 1. The van der Waals surface area contributed by atoms with Crippen LogP contribution < -0.4 is 5.73 Å². The van der Waals surface area contributed by atoms with Gasteiger partial charge in [0.1, 0.15) is 0 Å². The maximum Gasteiger partial charge on any atom is 0.0572 e. The number of piperazine rings is 1. The summed E-state index contributed by atoms with van der Waals surface area (Å²) >= 11 is 0. The van der Waals surface area contributed by atoms with Gasteiger partial charge in [0.2, 0.25) is 0 Å². The van der Waals surface area contributed by atoms with Crippen LogP contribution in [0.2, 0.25) is 0 Å². The number of nitrogens with zero attached hydrogens (tertiary/aromatic N) is 2. The Balaban J connectivity index is 2.24. The topological polar surface area (TPSA) is 32.5 Å². The van der Waals surface area contributed by atoms with Crippen LogP contribution in [0, 0.1) is 0 Å². The first-order valence-corrected chi connectivity index (χ1v) is 4.92. The number of nitrogens with two attached hydrogens (primary N) is 1. The Hall–Kier alpha value is -0.120. The fraction of sp³-hybridized carbons (Fsp3) is 1.00. The van der Waals surface area contributed by atoms with Crippen LogP contribution in [0.3, 0.4) is 0 Å². The van der Waals surface area contributed by atoms with E-state index in [1.807, 2.05) is 0 Å². The normalized spacial score (nSPS) is 24.2. The molecular formula is C9H21N3. The summed E-state index contributed by atoms with van der Waals surface area (Å²) in [4.78, 5) is 4.75. The van der Waals surface area contributed by atoms with Crippen LogP contribution in [0.15, 0.2) is 0 Å². The highest BCUT2D eigenvalue weighted by Gasteiger charge is 2.18. The van der Waals surface area contributed by atoms with E-state index in [1.54, 1.807) is 0 Å². The fourth-order valence-corrected chi connectivity index (χ4v) is 1.63. The Morgan fingerprint density at radius 1 is 1.25 bits per heavy atom. The molecule has 1 fully saturated rings. The van der Waals surface area contributed by atoms with Crippen LogP contribution in [-0.2, 0) is 0 Å². The maximum atomic E-state index is 6.01. The lowest BCUT2D eigenvalue weighted by atomic mass is 10.2. The van der Waals surface area contributed by atoms with Crippen molar-refractivity contribution < 1.29 is 0 Å². The second-order valence-electron chi connectivity index (χ2n) is 3.70. The minimum atomic E-state index is 0.295. The molecule has 0 aromatic rings. The molecule has 3 nitrogen and oxygen atoms in total. The van der Waals surface area contributed by atoms with Gasteiger partial charge in [-0.2, -0.15) is 0 Å². The van der Waals surface area contributed by atoms with Crippen molar-refractivity contribution in [3.8, 4) is 0 Å². The van der Waals surface area contributed by atoms with Crippen molar-refractivity contribution in [1.82, 2.24) is 9.80 Å². The van der Waals surface area contributed by atoms with Gasteiger partial charge in [-0.3, -0.25) is 4.90 Å². The summed E-state index contributed by atoms with van der Waals surface area (Å²) in [7, 11) is 2.17. The molecule has 0 amide bonds. The van der Waals surface area contributed by atoms with Gasteiger partial charge in [-0.15, -0.1) is 0 Å². The van der Waals surface area contributed by atoms with Crippen molar-refractivity contribution >= 4 is 0 Å². The second kappa shape index (κ2) is 4.80. The van der Waals surface area contributed by atoms with E-state index in [1.165, 1.54) is 6.42 Å². The quantitative estimate of drug-likeness (QED) is 0.664. The molecule has 1 rings (SSSR count). The van der Waals surface area contributed by atoms with E-state index in [-0.39, 0.29) is 0 Å². The summed E-state index contributed by atoms with van der Waals surface area (Å²) in [6, 6.07) is 0. The van der Waals surface area contributed by atoms with Gasteiger partial charge in [0.05, 0.1) is 6.17 Å². The molecule has 1 unspecified atom stereocenters. The summed E-state index contributed by atoms with van der Waals surface area (Å²) in [6.45, 7) is 6.79. The zero-order chi connectivity index (χ0) is 8.97. The second-order valence-corrected chi connectivity index (χ2v) is 3.70. The largest absolute Gasteiger partial charge is 0.316 e. The van der Waals surface area contributed by atoms with Crippen LogP contribution >= 0.6 is 0 Å². The van der Waals surface area contributed by atoms with Gasteiger partial charge in [0.25, 0.3) is 0 Å². The summed E-state index contributed by atoms with van der Waals surface area (Å²) in [5, 5.41) is 0. The van der Waals surface area contributed by atoms with Gasteiger partial charge >= 0.3 is 0 Å². The minimum Gasteiger partial charge on any atom is -0.316 e. The average molecular weight is 171 g/mol. The fourth-order valence-electron chi connectivity index (χ4n) is 1.63. The molecule has 0 radical (unpaired) electrons. The zero-order valence-corrected chi connectivity index (χ0v) is 8.29. The minimum absolute atomic E-state index is 0.295. The van der Waals surface area contributed by atoms with Crippen molar-refractivity contribution in [3.63, 3.8) is 0 Å². The average Bonchev–Trinajstić information content (AvgIpc) is 2.06. The first-order chi connectivity index (χ1) is 5.74. The Kier molecular flexibility index (Phi) is 3.98. The molecule has 1 saturated heterocycles. The van der Waals surface area contributed by atoms with Gasteiger partial charge in [-0.25, -0.2) is 0 Å². The molecular weight excluding hydrogens is 150 g/mol. The molecule has 12 heavy (non-hydrogen) atoms. The third-order valence-electron chi connectivity index (χ3n) is 2.59. The molecule has 1 heterocycles. The predicted octanol–water partition coefficient (Wildman–Crippen LogP) is 0.319. The molecule has 0 saturated carbocycles. The molecule has 1 aliphatic rings. The van der Waals surface area contributed by atoms with Crippen molar-refractivity contribution in [1.29, 1.82) is 0 Å². The van der Waals surface area contributed by atoms with Gasteiger partial charge in [-0.05, 0) is 13.5 Å². The Morgan fingerprint density at radius 2 is 1.83 bits per heavy atom. The van der Waals surface area contributed by atoms with E-state index in [2.05, 4.69) is 23.8 Å². The molecule has 0 aromatic carbocycles. The van der Waals surface area contributed by atoms with Crippen molar-refractivity contribution in [2.75, 3.05) is 33.2 Å². The number of likely N-dealkylation sites (N-methyl/N-ethyl adjacent to an activating group) is 1. The predicted molar refractivity (Wildman–Crippen MR) is 52.0 cm³/mol. The van der Waals surface area contributed by atoms with E-state index in [4.69, 9.17) is 5.73 Å². The lowest BCUT2D eigenvalue weighted by Crippen LogP contribution is -2.52. The van der Waals surface area contributed by atoms with Crippen LogP contribution in [0.4, 0.5) is 0 Å². The first-order valence-electron chi connectivity index (χ1n) is 4.92. The van der Waals surface area contributed by atoms with E-state index >= 15 is 0 Å². The van der Waals surface area contributed by atoms with Crippen LogP contribution in [0.5, 0.6) is 0 Å². The molecule has 72 valence electrons. The van der Waals surface area contributed by atoms with Crippen LogP contribution in [0.25, 0.3) is 0 Å². The summed E-state index contributed by atoms with van der Waals surface area (Å²) < 4.78 is 0. The molecule has 2 N–H and O–H groups in total. The van der Waals surface area contributed by atoms with E-state index in [0.29, 0.717) is 6.17 Å². The Morgan fingerprint density at radius 3 is 2.33 bits per heavy atom. The molecule has 0 aliphatic carbocycles. The van der Waals surface area contributed by atoms with Crippen LogP contribution in [0.1, 0.15) is 19.8 Å².